The van der Waals surface area contributed by atoms with E-state index in [1.807, 2.05) is 30.5 Å². The van der Waals surface area contributed by atoms with Crippen molar-refractivity contribution in [3.63, 3.8) is 0 Å². The Morgan fingerprint density at radius 2 is 1.79 bits per heavy atom. The van der Waals surface area contributed by atoms with E-state index in [0.717, 1.165) is 18.8 Å². The quantitative estimate of drug-likeness (QED) is 0.796. The van der Waals surface area contributed by atoms with Crippen molar-refractivity contribution in [3.05, 3.63) is 35.4 Å². The number of benzene rings is 1. The smallest absolute Gasteiger partial charge is 0.223 e. The van der Waals surface area contributed by atoms with Crippen molar-refractivity contribution in [1.82, 2.24) is 4.90 Å². The molecule has 0 N–H and O–H groups in total. The normalized spacial score (nSPS) is 14.4. The van der Waals surface area contributed by atoms with Gasteiger partial charge in [-0.05, 0) is 37.8 Å². The van der Waals surface area contributed by atoms with E-state index >= 15 is 0 Å². The van der Waals surface area contributed by atoms with Gasteiger partial charge in [0.05, 0.1) is 0 Å². The average Bonchev–Trinajstić information content (AvgIpc) is 2.82. The summed E-state index contributed by atoms with van der Waals surface area (Å²) >= 11 is 1.96. The van der Waals surface area contributed by atoms with Crippen molar-refractivity contribution in [2.75, 3.05) is 18.8 Å². The van der Waals surface area contributed by atoms with Gasteiger partial charge < -0.3 is 4.90 Å². The fourth-order valence-electron chi connectivity index (χ4n) is 2.68. The molecule has 19 heavy (non-hydrogen) atoms. The van der Waals surface area contributed by atoms with Gasteiger partial charge in [-0.25, -0.2) is 0 Å². The van der Waals surface area contributed by atoms with Gasteiger partial charge in [-0.15, -0.1) is 0 Å². The molecule has 0 fully saturated rings. The van der Waals surface area contributed by atoms with Crippen LogP contribution in [0.2, 0.25) is 0 Å². The molecule has 1 aromatic rings. The molecule has 0 aromatic heterocycles. The molecule has 1 aliphatic carbocycles. The van der Waals surface area contributed by atoms with E-state index in [1.165, 1.54) is 24.0 Å². The summed E-state index contributed by atoms with van der Waals surface area (Å²) in [7, 11) is 0. The van der Waals surface area contributed by atoms with Gasteiger partial charge >= 0.3 is 0 Å². The summed E-state index contributed by atoms with van der Waals surface area (Å²) in [5, 5.41) is 0.668. The first-order chi connectivity index (χ1) is 9.24. The van der Waals surface area contributed by atoms with Crippen molar-refractivity contribution in [1.29, 1.82) is 0 Å². The Morgan fingerprint density at radius 3 is 2.32 bits per heavy atom. The predicted molar refractivity (Wildman–Crippen MR) is 82.6 cm³/mol. The maximum atomic E-state index is 11.9. The molecule has 0 saturated heterocycles. The standard InChI is InChI=1S/C16H23NOS/c1-3-17(4-2)16(18)9-10-19-15-11-13-7-5-6-8-14(13)12-15/h5-8,15H,3-4,9-12H2,1-2H3. The minimum absolute atomic E-state index is 0.299. The third-order valence-electron chi connectivity index (χ3n) is 3.80. The summed E-state index contributed by atoms with van der Waals surface area (Å²) in [6.07, 6.45) is 3.01. The van der Waals surface area contributed by atoms with Gasteiger partial charge in [-0.2, -0.15) is 11.8 Å². The summed E-state index contributed by atoms with van der Waals surface area (Å²) in [6, 6.07) is 8.71. The highest BCUT2D eigenvalue weighted by Crippen LogP contribution is 2.30. The molecular weight excluding hydrogens is 254 g/mol. The summed E-state index contributed by atoms with van der Waals surface area (Å²) in [6.45, 7) is 5.74. The van der Waals surface area contributed by atoms with Crippen LogP contribution in [0.5, 0.6) is 0 Å². The lowest BCUT2D eigenvalue weighted by molar-refractivity contribution is -0.130. The predicted octanol–water partition coefficient (Wildman–Crippen LogP) is 3.15. The highest BCUT2D eigenvalue weighted by molar-refractivity contribution is 7.99. The Kier molecular flexibility index (Phi) is 5.32. The Labute approximate surface area is 120 Å². The molecule has 0 spiro atoms. The molecule has 0 heterocycles. The Hall–Kier alpha value is -0.960. The van der Waals surface area contributed by atoms with Crippen molar-refractivity contribution in [3.8, 4) is 0 Å². The highest BCUT2D eigenvalue weighted by Gasteiger charge is 2.21. The van der Waals surface area contributed by atoms with E-state index in [-0.39, 0.29) is 0 Å². The molecule has 1 amide bonds. The third kappa shape index (κ3) is 3.75. The van der Waals surface area contributed by atoms with Crippen molar-refractivity contribution in [2.45, 2.75) is 38.4 Å². The highest BCUT2D eigenvalue weighted by atomic mass is 32.2. The number of hydrogen-bond acceptors (Lipinski definition) is 2. The fourth-order valence-corrected chi connectivity index (χ4v) is 3.90. The van der Waals surface area contributed by atoms with Crippen LogP contribution in [0.15, 0.2) is 24.3 Å². The molecule has 0 bridgehead atoms. The Balaban J connectivity index is 1.72. The van der Waals surface area contributed by atoms with Gasteiger partial charge in [0.25, 0.3) is 0 Å². The van der Waals surface area contributed by atoms with E-state index < -0.39 is 0 Å². The molecule has 0 unspecified atom stereocenters. The second-order valence-corrected chi connectivity index (χ2v) is 6.39. The fraction of sp³-hybridized carbons (Fsp3) is 0.562. The number of amides is 1. The Morgan fingerprint density at radius 1 is 1.21 bits per heavy atom. The van der Waals surface area contributed by atoms with Crippen LogP contribution in [0.25, 0.3) is 0 Å². The van der Waals surface area contributed by atoms with Crippen LogP contribution in [0, 0.1) is 0 Å². The van der Waals surface area contributed by atoms with E-state index in [1.54, 1.807) is 0 Å². The molecule has 3 heteroatoms. The van der Waals surface area contributed by atoms with Crippen molar-refractivity contribution < 1.29 is 4.79 Å². The summed E-state index contributed by atoms with van der Waals surface area (Å²) in [5.74, 6) is 1.25. The molecule has 104 valence electrons. The van der Waals surface area contributed by atoms with Crippen LogP contribution in [-0.2, 0) is 17.6 Å². The summed E-state index contributed by atoms with van der Waals surface area (Å²) in [5.41, 5.74) is 2.99. The second kappa shape index (κ2) is 6.99. The van der Waals surface area contributed by atoms with Crippen LogP contribution < -0.4 is 0 Å². The van der Waals surface area contributed by atoms with Crippen LogP contribution in [0.3, 0.4) is 0 Å². The minimum Gasteiger partial charge on any atom is -0.343 e. The lowest BCUT2D eigenvalue weighted by atomic mass is 10.1. The number of thioether (sulfide) groups is 1. The lowest BCUT2D eigenvalue weighted by Gasteiger charge is -2.18. The van der Waals surface area contributed by atoms with Crippen LogP contribution in [-0.4, -0.2) is 34.9 Å². The zero-order valence-corrected chi connectivity index (χ0v) is 12.7. The second-order valence-electron chi connectivity index (χ2n) is 4.99. The first-order valence-corrected chi connectivity index (χ1v) is 8.25. The zero-order chi connectivity index (χ0) is 13.7. The van der Waals surface area contributed by atoms with Gasteiger partial charge in [-0.1, -0.05) is 24.3 Å². The molecule has 0 aliphatic heterocycles. The molecular formula is C16H23NOS. The lowest BCUT2D eigenvalue weighted by Crippen LogP contribution is -2.30. The van der Waals surface area contributed by atoms with E-state index in [2.05, 4.69) is 24.3 Å². The number of hydrogen-bond donors (Lipinski definition) is 0. The first kappa shape index (κ1) is 14.4. The Bertz CT molecular complexity index is 404. The largest absolute Gasteiger partial charge is 0.343 e. The topological polar surface area (TPSA) is 20.3 Å². The zero-order valence-electron chi connectivity index (χ0n) is 11.9. The van der Waals surface area contributed by atoms with Crippen molar-refractivity contribution >= 4 is 17.7 Å². The van der Waals surface area contributed by atoms with Gasteiger partial charge in [0.15, 0.2) is 0 Å². The van der Waals surface area contributed by atoms with Crippen LogP contribution in [0.4, 0.5) is 0 Å². The molecule has 0 saturated carbocycles. The number of carbonyl (C=O) groups excluding carboxylic acids is 1. The number of nitrogens with zero attached hydrogens (tertiary/aromatic N) is 1. The third-order valence-corrected chi connectivity index (χ3v) is 5.04. The van der Waals surface area contributed by atoms with Gasteiger partial charge in [-0.3, -0.25) is 4.79 Å². The number of rotatable bonds is 6. The molecule has 1 aliphatic rings. The average molecular weight is 277 g/mol. The molecule has 0 radical (unpaired) electrons. The summed E-state index contributed by atoms with van der Waals surface area (Å²) < 4.78 is 0. The summed E-state index contributed by atoms with van der Waals surface area (Å²) in [4.78, 5) is 13.8. The maximum Gasteiger partial charge on any atom is 0.223 e. The molecule has 2 rings (SSSR count). The molecule has 1 aromatic carbocycles. The van der Waals surface area contributed by atoms with Crippen LogP contribution >= 0.6 is 11.8 Å². The van der Waals surface area contributed by atoms with Crippen molar-refractivity contribution in [2.24, 2.45) is 0 Å². The maximum absolute atomic E-state index is 11.9. The molecule has 0 atom stereocenters. The van der Waals surface area contributed by atoms with Gasteiger partial charge in [0, 0.05) is 30.5 Å². The van der Waals surface area contributed by atoms with E-state index in [9.17, 15) is 4.79 Å². The number of carbonyl (C=O) groups is 1. The van der Waals surface area contributed by atoms with E-state index in [4.69, 9.17) is 0 Å². The first-order valence-electron chi connectivity index (χ1n) is 7.20. The number of fused-ring (bicyclic) bond motifs is 1. The molecule has 2 nitrogen and oxygen atoms in total. The minimum atomic E-state index is 0.299. The van der Waals surface area contributed by atoms with Gasteiger partial charge in [0.1, 0.15) is 0 Å². The monoisotopic (exact) mass is 277 g/mol. The van der Waals surface area contributed by atoms with Gasteiger partial charge in [0.2, 0.25) is 5.91 Å². The van der Waals surface area contributed by atoms with E-state index in [0.29, 0.717) is 17.6 Å². The SMILES string of the molecule is CCN(CC)C(=O)CCSC1Cc2ccccc2C1. The van der Waals surface area contributed by atoms with Crippen LogP contribution in [0.1, 0.15) is 31.4 Å².